The van der Waals surface area contributed by atoms with E-state index in [1.807, 2.05) is 0 Å². The summed E-state index contributed by atoms with van der Waals surface area (Å²) in [5, 5.41) is 5.52. The summed E-state index contributed by atoms with van der Waals surface area (Å²) in [7, 11) is 0. The SMILES string of the molecule is O=C1NC(=O)C2(CCN(C(=O)c3cnc4n(c3=O)CCS4)CC2)N1. The molecule has 0 atom stereocenters. The van der Waals surface area contributed by atoms with Crippen LogP contribution in [0.25, 0.3) is 0 Å². The molecule has 10 heteroatoms. The van der Waals surface area contributed by atoms with Crippen LogP contribution in [0.1, 0.15) is 23.2 Å². The van der Waals surface area contributed by atoms with Crippen molar-refractivity contribution >= 4 is 29.6 Å². The molecule has 3 aliphatic rings. The largest absolute Gasteiger partial charge is 0.338 e. The molecule has 0 aliphatic carbocycles. The summed E-state index contributed by atoms with van der Waals surface area (Å²) >= 11 is 1.49. The molecule has 9 nitrogen and oxygen atoms in total. The molecule has 1 aromatic rings. The number of carbonyl (C=O) groups is 3. The molecule has 24 heavy (non-hydrogen) atoms. The molecule has 1 aromatic heterocycles. The average Bonchev–Trinajstić information content (AvgIpc) is 3.14. The molecule has 0 saturated carbocycles. The third kappa shape index (κ3) is 2.20. The van der Waals surface area contributed by atoms with E-state index in [0.717, 1.165) is 5.75 Å². The zero-order chi connectivity index (χ0) is 16.9. The molecule has 126 valence electrons. The Hall–Kier alpha value is -2.36. The van der Waals surface area contributed by atoms with Gasteiger partial charge in [-0.15, -0.1) is 0 Å². The lowest BCUT2D eigenvalue weighted by Gasteiger charge is -2.36. The number of fused-ring (bicyclic) bond motifs is 1. The first-order valence-electron chi connectivity index (χ1n) is 7.66. The fourth-order valence-electron chi connectivity index (χ4n) is 3.31. The summed E-state index contributed by atoms with van der Waals surface area (Å²) < 4.78 is 1.52. The van der Waals surface area contributed by atoms with Gasteiger partial charge in [0.2, 0.25) is 0 Å². The van der Waals surface area contributed by atoms with Gasteiger partial charge in [0, 0.05) is 31.6 Å². The number of nitrogens with zero attached hydrogens (tertiary/aromatic N) is 3. The van der Waals surface area contributed by atoms with E-state index < -0.39 is 11.6 Å². The van der Waals surface area contributed by atoms with Crippen LogP contribution in [0.4, 0.5) is 4.79 Å². The molecular weight excluding hydrogens is 334 g/mol. The summed E-state index contributed by atoms with van der Waals surface area (Å²) in [5.74, 6) is 0.0520. The van der Waals surface area contributed by atoms with Crippen LogP contribution in [0.5, 0.6) is 0 Å². The van der Waals surface area contributed by atoms with Crippen molar-refractivity contribution < 1.29 is 14.4 Å². The van der Waals surface area contributed by atoms with Crippen molar-refractivity contribution in [2.75, 3.05) is 18.8 Å². The molecule has 0 aromatic carbocycles. The summed E-state index contributed by atoms with van der Waals surface area (Å²) in [6, 6.07) is -0.502. The molecule has 0 unspecified atom stereocenters. The van der Waals surface area contributed by atoms with E-state index >= 15 is 0 Å². The first-order valence-corrected chi connectivity index (χ1v) is 8.64. The minimum atomic E-state index is -0.935. The number of hydrogen-bond acceptors (Lipinski definition) is 6. The molecule has 0 bridgehead atoms. The molecule has 2 saturated heterocycles. The van der Waals surface area contributed by atoms with Crippen molar-refractivity contribution in [2.45, 2.75) is 30.1 Å². The van der Waals surface area contributed by atoms with Crippen LogP contribution in [0.2, 0.25) is 0 Å². The molecule has 3 aliphatic heterocycles. The number of aromatic nitrogens is 2. The minimum absolute atomic E-state index is 0.0529. The van der Waals surface area contributed by atoms with Crippen molar-refractivity contribution in [1.29, 1.82) is 0 Å². The van der Waals surface area contributed by atoms with Gasteiger partial charge in [-0.3, -0.25) is 24.3 Å². The number of hydrogen-bond donors (Lipinski definition) is 2. The van der Waals surface area contributed by atoms with Crippen molar-refractivity contribution in [3.8, 4) is 0 Å². The quantitative estimate of drug-likeness (QED) is 0.505. The van der Waals surface area contributed by atoms with Gasteiger partial charge in [0.05, 0.1) is 0 Å². The molecule has 2 fully saturated rings. The maximum absolute atomic E-state index is 12.6. The van der Waals surface area contributed by atoms with Crippen LogP contribution < -0.4 is 16.2 Å². The van der Waals surface area contributed by atoms with E-state index in [4.69, 9.17) is 0 Å². The lowest BCUT2D eigenvalue weighted by atomic mass is 9.87. The number of imide groups is 1. The summed E-state index contributed by atoms with van der Waals surface area (Å²) in [4.78, 5) is 54.1. The summed E-state index contributed by atoms with van der Waals surface area (Å²) in [6.07, 6.45) is 1.99. The minimum Gasteiger partial charge on any atom is -0.338 e. The molecule has 4 amide bonds. The number of piperidine rings is 1. The highest BCUT2D eigenvalue weighted by Crippen LogP contribution is 2.26. The number of amides is 4. The number of rotatable bonds is 1. The van der Waals surface area contributed by atoms with E-state index in [-0.39, 0.29) is 22.9 Å². The fourth-order valence-corrected chi connectivity index (χ4v) is 4.22. The maximum Gasteiger partial charge on any atom is 0.322 e. The normalized spacial score (nSPS) is 21.6. The first-order chi connectivity index (χ1) is 11.5. The average molecular weight is 349 g/mol. The Morgan fingerprint density at radius 2 is 1.96 bits per heavy atom. The van der Waals surface area contributed by atoms with Crippen molar-refractivity contribution in [3.05, 3.63) is 22.1 Å². The second-order valence-electron chi connectivity index (χ2n) is 6.04. The zero-order valence-electron chi connectivity index (χ0n) is 12.7. The maximum atomic E-state index is 12.6. The second kappa shape index (κ2) is 5.33. The van der Waals surface area contributed by atoms with E-state index in [0.29, 0.717) is 37.6 Å². The predicted octanol–water partition coefficient (Wildman–Crippen LogP) is -0.837. The van der Waals surface area contributed by atoms with Crippen LogP contribution in [-0.4, -0.2) is 56.7 Å². The number of urea groups is 1. The molecule has 4 heterocycles. The van der Waals surface area contributed by atoms with E-state index in [9.17, 15) is 19.2 Å². The zero-order valence-corrected chi connectivity index (χ0v) is 13.5. The Balaban J connectivity index is 1.52. The Labute approximate surface area is 140 Å². The van der Waals surface area contributed by atoms with Crippen molar-refractivity contribution in [3.63, 3.8) is 0 Å². The lowest BCUT2D eigenvalue weighted by Crippen LogP contribution is -2.56. The first kappa shape index (κ1) is 15.2. The van der Waals surface area contributed by atoms with Gasteiger partial charge in [0.15, 0.2) is 5.16 Å². The number of carbonyl (C=O) groups excluding carboxylic acids is 3. The monoisotopic (exact) mass is 349 g/mol. The van der Waals surface area contributed by atoms with E-state index in [1.165, 1.54) is 27.4 Å². The Morgan fingerprint density at radius 1 is 1.21 bits per heavy atom. The van der Waals surface area contributed by atoms with Crippen LogP contribution >= 0.6 is 11.8 Å². The topological polar surface area (TPSA) is 113 Å². The van der Waals surface area contributed by atoms with Crippen LogP contribution in [0.3, 0.4) is 0 Å². The highest BCUT2D eigenvalue weighted by atomic mass is 32.2. The number of nitrogens with one attached hydrogen (secondary N) is 2. The molecule has 2 N–H and O–H groups in total. The van der Waals surface area contributed by atoms with Crippen LogP contribution in [0, 0.1) is 0 Å². The van der Waals surface area contributed by atoms with Gasteiger partial charge in [-0.25, -0.2) is 9.78 Å². The Kier molecular flexibility index (Phi) is 3.37. The van der Waals surface area contributed by atoms with Crippen LogP contribution in [0.15, 0.2) is 16.1 Å². The lowest BCUT2D eigenvalue weighted by molar-refractivity contribution is -0.125. The molecule has 1 spiro atoms. The standard InChI is InChI=1S/C14H15N5O4S/c20-9(8-7-15-13-19(10(8)21)5-6-24-13)18-3-1-14(2-4-18)11(22)16-12(23)17-14/h7H,1-6H2,(H2,16,17,22,23). The van der Waals surface area contributed by atoms with E-state index in [1.54, 1.807) is 0 Å². The second-order valence-corrected chi connectivity index (χ2v) is 7.10. The third-order valence-corrected chi connectivity index (χ3v) is 5.68. The molecule has 0 radical (unpaired) electrons. The van der Waals surface area contributed by atoms with E-state index in [2.05, 4.69) is 15.6 Å². The number of likely N-dealkylation sites (tertiary alicyclic amines) is 1. The Bertz CT molecular complexity index is 812. The fraction of sp³-hybridized carbons (Fsp3) is 0.500. The highest BCUT2D eigenvalue weighted by molar-refractivity contribution is 7.99. The van der Waals surface area contributed by atoms with Crippen molar-refractivity contribution in [1.82, 2.24) is 25.1 Å². The van der Waals surface area contributed by atoms with Gasteiger partial charge in [-0.05, 0) is 12.8 Å². The van der Waals surface area contributed by atoms with Gasteiger partial charge in [-0.1, -0.05) is 11.8 Å². The highest BCUT2D eigenvalue weighted by Gasteiger charge is 2.48. The van der Waals surface area contributed by atoms with Gasteiger partial charge < -0.3 is 10.2 Å². The molecule has 4 rings (SSSR count). The molecular formula is C14H15N5O4S. The van der Waals surface area contributed by atoms with Crippen LogP contribution in [-0.2, 0) is 11.3 Å². The van der Waals surface area contributed by atoms with Gasteiger partial charge in [-0.2, -0.15) is 0 Å². The summed E-state index contributed by atoms with van der Waals surface area (Å²) in [6.45, 7) is 1.15. The third-order valence-electron chi connectivity index (χ3n) is 4.71. The van der Waals surface area contributed by atoms with Gasteiger partial charge in [0.25, 0.3) is 17.4 Å². The van der Waals surface area contributed by atoms with Gasteiger partial charge in [0.1, 0.15) is 11.1 Å². The Morgan fingerprint density at radius 3 is 2.62 bits per heavy atom. The summed E-state index contributed by atoms with van der Waals surface area (Å²) in [5.41, 5.74) is -1.20. The van der Waals surface area contributed by atoms with Gasteiger partial charge >= 0.3 is 6.03 Å². The smallest absolute Gasteiger partial charge is 0.322 e. The predicted molar refractivity (Wildman–Crippen MR) is 83.8 cm³/mol. The van der Waals surface area contributed by atoms with Crippen molar-refractivity contribution in [2.24, 2.45) is 0 Å². The number of thioether (sulfide) groups is 1.